The Balaban J connectivity index is 1.62. The van der Waals surface area contributed by atoms with Gasteiger partial charge in [-0.1, -0.05) is 30.0 Å². The van der Waals surface area contributed by atoms with Gasteiger partial charge in [-0.25, -0.2) is 4.98 Å². The first kappa shape index (κ1) is 21.1. The topological polar surface area (TPSA) is 73.2 Å². The van der Waals surface area contributed by atoms with Crippen LogP contribution in [0.2, 0.25) is 0 Å². The van der Waals surface area contributed by atoms with E-state index in [9.17, 15) is 9.59 Å². The fraction of sp³-hybridized carbons (Fsp3) is 0.174. The number of hydrogen-bond acceptors (Lipinski definition) is 6. The standard InChI is InChI=1S/C23H21N3O3S2/c1-2-29-17-11-9-16(10-12-17)26-22(28)19-7-3-4-8-20(19)25-23(26)31-15-21(27)24-14-18-6-5-13-30-18/h3-13H,2,14-15H2,1H3,(H,24,27). The van der Waals surface area contributed by atoms with Gasteiger partial charge in [0, 0.05) is 4.88 Å². The molecular weight excluding hydrogens is 430 g/mol. The van der Waals surface area contributed by atoms with Crippen LogP contribution in [0.3, 0.4) is 0 Å². The summed E-state index contributed by atoms with van der Waals surface area (Å²) < 4.78 is 7.05. The van der Waals surface area contributed by atoms with Crippen molar-refractivity contribution in [2.75, 3.05) is 12.4 Å². The van der Waals surface area contributed by atoms with Gasteiger partial charge < -0.3 is 10.1 Å². The van der Waals surface area contributed by atoms with Gasteiger partial charge in [-0.05, 0) is 54.8 Å². The number of thioether (sulfide) groups is 1. The van der Waals surface area contributed by atoms with Crippen LogP contribution >= 0.6 is 23.1 Å². The quantitative estimate of drug-likeness (QED) is 0.320. The summed E-state index contributed by atoms with van der Waals surface area (Å²) in [6.07, 6.45) is 0. The monoisotopic (exact) mass is 451 g/mol. The minimum Gasteiger partial charge on any atom is -0.494 e. The lowest BCUT2D eigenvalue weighted by atomic mass is 10.2. The molecule has 2 heterocycles. The molecule has 31 heavy (non-hydrogen) atoms. The van der Waals surface area contributed by atoms with Crippen LogP contribution in [-0.2, 0) is 11.3 Å². The molecule has 158 valence electrons. The summed E-state index contributed by atoms with van der Waals surface area (Å²) in [6, 6.07) is 18.5. The summed E-state index contributed by atoms with van der Waals surface area (Å²) >= 11 is 2.84. The number of nitrogens with zero attached hydrogens (tertiary/aromatic N) is 2. The summed E-state index contributed by atoms with van der Waals surface area (Å²) in [5, 5.41) is 5.89. The van der Waals surface area contributed by atoms with Crippen molar-refractivity contribution in [3.05, 3.63) is 81.3 Å². The first-order valence-electron chi connectivity index (χ1n) is 9.82. The number of carbonyl (C=O) groups is 1. The molecule has 4 rings (SSSR count). The molecule has 4 aromatic rings. The van der Waals surface area contributed by atoms with Crippen LogP contribution in [-0.4, -0.2) is 27.8 Å². The van der Waals surface area contributed by atoms with Crippen LogP contribution in [0.4, 0.5) is 0 Å². The lowest BCUT2D eigenvalue weighted by Gasteiger charge is -2.14. The van der Waals surface area contributed by atoms with Crippen molar-refractivity contribution < 1.29 is 9.53 Å². The van der Waals surface area contributed by atoms with E-state index in [0.717, 1.165) is 10.6 Å². The minimum atomic E-state index is -0.170. The maximum atomic E-state index is 13.3. The third-order valence-corrected chi connectivity index (χ3v) is 6.34. The highest BCUT2D eigenvalue weighted by Crippen LogP contribution is 2.23. The van der Waals surface area contributed by atoms with Crippen LogP contribution in [0.15, 0.2) is 76.0 Å². The zero-order valence-corrected chi connectivity index (χ0v) is 18.5. The van der Waals surface area contributed by atoms with Gasteiger partial charge in [0.25, 0.3) is 5.56 Å². The van der Waals surface area contributed by atoms with Crippen molar-refractivity contribution in [2.24, 2.45) is 0 Å². The number of para-hydroxylation sites is 1. The van der Waals surface area contributed by atoms with Crippen molar-refractivity contribution in [1.82, 2.24) is 14.9 Å². The van der Waals surface area contributed by atoms with Crippen molar-refractivity contribution >= 4 is 39.9 Å². The van der Waals surface area contributed by atoms with Gasteiger partial charge in [-0.15, -0.1) is 11.3 Å². The highest BCUT2D eigenvalue weighted by atomic mass is 32.2. The second-order valence-electron chi connectivity index (χ2n) is 6.62. The summed E-state index contributed by atoms with van der Waals surface area (Å²) in [5.74, 6) is 0.780. The molecule has 0 aliphatic heterocycles. The fourth-order valence-electron chi connectivity index (χ4n) is 3.07. The molecule has 6 nitrogen and oxygen atoms in total. The van der Waals surface area contributed by atoms with E-state index in [-0.39, 0.29) is 17.2 Å². The third-order valence-electron chi connectivity index (χ3n) is 4.52. The summed E-state index contributed by atoms with van der Waals surface area (Å²) in [6.45, 7) is 2.98. The molecule has 0 spiro atoms. The summed E-state index contributed by atoms with van der Waals surface area (Å²) in [5.41, 5.74) is 1.11. The zero-order chi connectivity index (χ0) is 21.6. The van der Waals surface area contributed by atoms with E-state index in [1.807, 2.05) is 60.8 Å². The Labute approximate surface area is 187 Å². The van der Waals surface area contributed by atoms with Gasteiger partial charge in [-0.3, -0.25) is 14.2 Å². The molecule has 0 aliphatic rings. The SMILES string of the molecule is CCOc1ccc(-n2c(SCC(=O)NCc3cccs3)nc3ccccc3c2=O)cc1. The van der Waals surface area contributed by atoms with Gasteiger partial charge in [0.15, 0.2) is 5.16 Å². The number of amides is 1. The molecule has 0 fully saturated rings. The van der Waals surface area contributed by atoms with Gasteiger partial charge in [0.1, 0.15) is 5.75 Å². The van der Waals surface area contributed by atoms with Crippen molar-refractivity contribution in [3.8, 4) is 11.4 Å². The number of nitrogens with one attached hydrogen (secondary N) is 1. The highest BCUT2D eigenvalue weighted by molar-refractivity contribution is 7.99. The molecule has 1 N–H and O–H groups in total. The number of hydrogen-bond donors (Lipinski definition) is 1. The fourth-order valence-corrected chi connectivity index (χ4v) is 4.56. The van der Waals surface area contributed by atoms with Gasteiger partial charge in [0.05, 0.1) is 35.5 Å². The summed E-state index contributed by atoms with van der Waals surface area (Å²) in [7, 11) is 0. The van der Waals surface area contributed by atoms with E-state index in [2.05, 4.69) is 10.3 Å². The van der Waals surface area contributed by atoms with E-state index < -0.39 is 0 Å². The molecule has 0 unspecified atom stereocenters. The van der Waals surface area contributed by atoms with Crippen LogP contribution in [0, 0.1) is 0 Å². The Morgan fingerprint density at radius 1 is 1.13 bits per heavy atom. The Morgan fingerprint density at radius 3 is 2.68 bits per heavy atom. The van der Waals surface area contributed by atoms with E-state index in [1.54, 1.807) is 28.0 Å². The van der Waals surface area contributed by atoms with E-state index in [4.69, 9.17) is 4.74 Å². The largest absolute Gasteiger partial charge is 0.494 e. The molecule has 1 amide bonds. The second kappa shape index (κ2) is 9.80. The van der Waals surface area contributed by atoms with Gasteiger partial charge in [0.2, 0.25) is 5.91 Å². The van der Waals surface area contributed by atoms with E-state index in [1.165, 1.54) is 11.8 Å². The second-order valence-corrected chi connectivity index (χ2v) is 8.60. The van der Waals surface area contributed by atoms with Crippen LogP contribution < -0.4 is 15.6 Å². The van der Waals surface area contributed by atoms with Gasteiger partial charge in [-0.2, -0.15) is 0 Å². The van der Waals surface area contributed by atoms with Crippen LogP contribution in [0.5, 0.6) is 5.75 Å². The lowest BCUT2D eigenvalue weighted by molar-refractivity contribution is -0.118. The number of aromatic nitrogens is 2. The van der Waals surface area contributed by atoms with E-state index in [0.29, 0.717) is 34.9 Å². The average Bonchev–Trinajstić information content (AvgIpc) is 3.31. The van der Waals surface area contributed by atoms with E-state index >= 15 is 0 Å². The maximum Gasteiger partial charge on any atom is 0.266 e. The molecule has 0 aliphatic carbocycles. The zero-order valence-electron chi connectivity index (χ0n) is 16.9. The molecule has 0 saturated carbocycles. The molecule has 0 saturated heterocycles. The first-order valence-corrected chi connectivity index (χ1v) is 11.7. The Bertz CT molecular complexity index is 1240. The normalized spacial score (nSPS) is 10.9. The Kier molecular flexibility index (Phi) is 6.69. The average molecular weight is 452 g/mol. The third kappa shape index (κ3) is 4.98. The smallest absolute Gasteiger partial charge is 0.266 e. The maximum absolute atomic E-state index is 13.3. The van der Waals surface area contributed by atoms with Crippen molar-refractivity contribution in [1.29, 1.82) is 0 Å². The number of fused-ring (bicyclic) bond motifs is 1. The number of benzene rings is 2. The highest BCUT2D eigenvalue weighted by Gasteiger charge is 2.15. The molecule has 2 aromatic heterocycles. The molecule has 8 heteroatoms. The molecule has 0 radical (unpaired) electrons. The Morgan fingerprint density at radius 2 is 1.94 bits per heavy atom. The van der Waals surface area contributed by atoms with Crippen LogP contribution in [0.1, 0.15) is 11.8 Å². The number of carbonyl (C=O) groups excluding carboxylic acids is 1. The molecule has 2 aromatic carbocycles. The number of rotatable bonds is 8. The Hall–Kier alpha value is -3.10. The predicted molar refractivity (Wildman–Crippen MR) is 125 cm³/mol. The van der Waals surface area contributed by atoms with Crippen LogP contribution in [0.25, 0.3) is 16.6 Å². The molecule has 0 bridgehead atoms. The minimum absolute atomic E-state index is 0.112. The van der Waals surface area contributed by atoms with Crippen molar-refractivity contribution in [2.45, 2.75) is 18.6 Å². The number of ether oxygens (including phenoxy) is 1. The van der Waals surface area contributed by atoms with Crippen molar-refractivity contribution in [3.63, 3.8) is 0 Å². The first-order chi connectivity index (χ1) is 15.2. The number of thiophene rings is 1. The molecular formula is C23H21N3O3S2. The molecule has 0 atom stereocenters. The lowest BCUT2D eigenvalue weighted by Crippen LogP contribution is -2.26. The summed E-state index contributed by atoms with van der Waals surface area (Å²) in [4.78, 5) is 31.4. The van der Waals surface area contributed by atoms with Gasteiger partial charge >= 0.3 is 0 Å². The predicted octanol–water partition coefficient (Wildman–Crippen LogP) is 4.25.